The molecule has 1 unspecified atom stereocenters. The molecule has 2 aromatic carbocycles. The third-order valence-electron chi connectivity index (χ3n) is 8.88. The highest BCUT2D eigenvalue weighted by atomic mass is 16.2. The van der Waals surface area contributed by atoms with Gasteiger partial charge in [0, 0.05) is 44.9 Å². The summed E-state index contributed by atoms with van der Waals surface area (Å²) in [6.45, 7) is 2.59. The monoisotopic (exact) mass is 598 g/mol. The number of carbonyl (C=O) groups excluding carboxylic acids is 3. The van der Waals surface area contributed by atoms with Gasteiger partial charge in [0.1, 0.15) is 11.9 Å². The van der Waals surface area contributed by atoms with Crippen LogP contribution in [0, 0.1) is 11.3 Å². The fourth-order valence-electron chi connectivity index (χ4n) is 6.68. The van der Waals surface area contributed by atoms with Crippen molar-refractivity contribution >= 4 is 17.7 Å². The van der Waals surface area contributed by atoms with Crippen molar-refractivity contribution in [3.05, 3.63) is 86.1 Å². The van der Waals surface area contributed by atoms with Crippen LogP contribution in [-0.2, 0) is 30.1 Å². The Bertz CT molecular complexity index is 1630. The normalized spacial score (nSPS) is 17.5. The molecule has 1 aliphatic heterocycles. The molecule has 3 aromatic rings. The molecule has 5 rings (SSSR count). The molecule has 1 fully saturated rings. The van der Waals surface area contributed by atoms with E-state index in [1.54, 1.807) is 38.2 Å². The third kappa shape index (κ3) is 5.51. The first-order valence-electron chi connectivity index (χ1n) is 14.9. The van der Waals surface area contributed by atoms with Crippen LogP contribution in [0.1, 0.15) is 75.0 Å². The standard InChI is InChI=1S/C32H38N8O4/c1-19(36-18-27(41)40-13-5-6-24(40)17-33)16-32(30-37-31(44)39(4)38-30)25-11-9-22(28(42)34-2)14-20(25)7-8-21-15-23(29(43)35-3)10-12-26(21)32/h9-12,14-15,19,24,36H,5-8,13,16,18H2,1-4H3,(H,34,42)(H,35,43)(H,37,38,44)/t19-,24?/m1/s1. The fraction of sp³-hybridized carbons (Fsp3) is 0.438. The lowest BCUT2D eigenvalue weighted by molar-refractivity contribution is -0.130. The van der Waals surface area contributed by atoms with Gasteiger partial charge in [0.15, 0.2) is 0 Å². The molecular formula is C32H38N8O4. The van der Waals surface area contributed by atoms with E-state index in [1.807, 2.05) is 31.2 Å². The molecule has 2 heterocycles. The second-order valence-corrected chi connectivity index (χ2v) is 11.6. The molecule has 12 nitrogen and oxygen atoms in total. The van der Waals surface area contributed by atoms with Crippen LogP contribution in [0.4, 0.5) is 0 Å². The Morgan fingerprint density at radius 3 is 2.16 bits per heavy atom. The molecule has 0 spiro atoms. The van der Waals surface area contributed by atoms with E-state index in [-0.39, 0.29) is 36.0 Å². The first-order valence-corrected chi connectivity index (χ1v) is 14.9. The van der Waals surface area contributed by atoms with E-state index in [0.717, 1.165) is 28.7 Å². The van der Waals surface area contributed by atoms with Crippen LogP contribution in [0.2, 0.25) is 0 Å². The molecule has 2 atom stereocenters. The van der Waals surface area contributed by atoms with E-state index in [0.29, 0.717) is 49.2 Å². The van der Waals surface area contributed by atoms with Crippen molar-refractivity contribution < 1.29 is 14.4 Å². The second-order valence-electron chi connectivity index (χ2n) is 11.6. The summed E-state index contributed by atoms with van der Waals surface area (Å²) in [5, 5.41) is 22.9. The molecule has 2 aliphatic rings. The average molecular weight is 599 g/mol. The van der Waals surface area contributed by atoms with Crippen molar-refractivity contribution in [2.24, 2.45) is 7.05 Å². The third-order valence-corrected chi connectivity index (χ3v) is 8.88. The lowest BCUT2D eigenvalue weighted by atomic mass is 9.67. The number of nitriles is 1. The molecule has 4 N–H and O–H groups in total. The minimum absolute atomic E-state index is 0.0547. The van der Waals surface area contributed by atoms with E-state index >= 15 is 0 Å². The topological polar surface area (TPSA) is 165 Å². The summed E-state index contributed by atoms with van der Waals surface area (Å²) in [5.41, 5.74) is 3.28. The van der Waals surface area contributed by atoms with Crippen LogP contribution in [0.5, 0.6) is 0 Å². The molecule has 44 heavy (non-hydrogen) atoms. The number of hydrogen-bond acceptors (Lipinski definition) is 7. The number of amides is 3. The van der Waals surface area contributed by atoms with Crippen molar-refractivity contribution in [2.75, 3.05) is 27.2 Å². The van der Waals surface area contributed by atoms with E-state index < -0.39 is 11.5 Å². The summed E-state index contributed by atoms with van der Waals surface area (Å²) >= 11 is 0. The quantitative estimate of drug-likeness (QED) is 0.302. The largest absolute Gasteiger partial charge is 0.355 e. The first-order chi connectivity index (χ1) is 21.1. The maximum atomic E-state index is 13.1. The van der Waals surface area contributed by atoms with Gasteiger partial charge < -0.3 is 20.9 Å². The first kappa shape index (κ1) is 30.7. The van der Waals surface area contributed by atoms with Crippen LogP contribution in [0.15, 0.2) is 41.2 Å². The molecular weight excluding hydrogens is 560 g/mol. The molecule has 0 bridgehead atoms. The smallest absolute Gasteiger partial charge is 0.343 e. The number of H-pyrrole nitrogens is 1. The molecule has 1 saturated heterocycles. The maximum Gasteiger partial charge on any atom is 0.343 e. The Balaban J connectivity index is 1.65. The molecule has 3 amide bonds. The lowest BCUT2D eigenvalue weighted by Gasteiger charge is -2.37. The zero-order valence-corrected chi connectivity index (χ0v) is 25.5. The van der Waals surface area contributed by atoms with Gasteiger partial charge in [-0.25, -0.2) is 9.48 Å². The number of nitrogens with one attached hydrogen (secondary N) is 4. The molecule has 0 saturated carbocycles. The van der Waals surface area contributed by atoms with Gasteiger partial charge >= 0.3 is 5.69 Å². The van der Waals surface area contributed by atoms with Gasteiger partial charge in [0.05, 0.1) is 18.0 Å². The summed E-state index contributed by atoms with van der Waals surface area (Å²) in [7, 11) is 4.76. The number of hydrogen-bond donors (Lipinski definition) is 4. The van der Waals surface area contributed by atoms with Crippen LogP contribution in [0.3, 0.4) is 0 Å². The van der Waals surface area contributed by atoms with Gasteiger partial charge in [-0.2, -0.15) is 10.4 Å². The summed E-state index contributed by atoms with van der Waals surface area (Å²) < 4.78 is 1.26. The summed E-state index contributed by atoms with van der Waals surface area (Å²) in [6, 6.07) is 12.7. The number of aromatic amines is 1. The van der Waals surface area contributed by atoms with Gasteiger partial charge in [-0.15, -0.1) is 0 Å². The molecule has 1 aromatic heterocycles. The molecule has 12 heteroatoms. The van der Waals surface area contributed by atoms with Crippen molar-refractivity contribution in [3.8, 4) is 6.07 Å². The highest BCUT2D eigenvalue weighted by Gasteiger charge is 2.45. The molecule has 0 radical (unpaired) electrons. The number of rotatable bonds is 8. The van der Waals surface area contributed by atoms with Crippen LogP contribution >= 0.6 is 0 Å². The van der Waals surface area contributed by atoms with Crippen LogP contribution < -0.4 is 21.6 Å². The summed E-state index contributed by atoms with van der Waals surface area (Å²) in [4.78, 5) is 55.8. The predicted molar refractivity (Wildman–Crippen MR) is 163 cm³/mol. The number of benzene rings is 2. The minimum atomic E-state index is -0.998. The number of fused-ring (bicyclic) bond motifs is 2. The van der Waals surface area contributed by atoms with E-state index in [4.69, 9.17) is 0 Å². The Morgan fingerprint density at radius 2 is 1.66 bits per heavy atom. The highest BCUT2D eigenvalue weighted by molar-refractivity contribution is 5.95. The Morgan fingerprint density at radius 1 is 1.07 bits per heavy atom. The van der Waals surface area contributed by atoms with Gasteiger partial charge in [-0.3, -0.25) is 19.4 Å². The van der Waals surface area contributed by atoms with Crippen LogP contribution in [0.25, 0.3) is 0 Å². The van der Waals surface area contributed by atoms with Gasteiger partial charge in [-0.1, -0.05) is 12.1 Å². The van der Waals surface area contributed by atoms with Crippen LogP contribution in [-0.4, -0.2) is 76.7 Å². The van der Waals surface area contributed by atoms with Crippen molar-refractivity contribution in [1.82, 2.24) is 35.6 Å². The second kappa shape index (κ2) is 12.5. The summed E-state index contributed by atoms with van der Waals surface area (Å²) in [5.74, 6) is -0.119. The fourth-order valence-corrected chi connectivity index (χ4v) is 6.68. The number of aryl methyl sites for hydroxylation is 3. The Labute approximate surface area is 255 Å². The average Bonchev–Trinajstić information content (AvgIpc) is 3.63. The number of nitrogens with zero attached hydrogens (tertiary/aromatic N) is 4. The zero-order valence-electron chi connectivity index (χ0n) is 25.5. The van der Waals surface area contributed by atoms with Crippen molar-refractivity contribution in [1.29, 1.82) is 5.26 Å². The van der Waals surface area contributed by atoms with Crippen molar-refractivity contribution in [3.63, 3.8) is 0 Å². The zero-order chi connectivity index (χ0) is 31.6. The van der Waals surface area contributed by atoms with Crippen molar-refractivity contribution in [2.45, 2.75) is 56.5 Å². The summed E-state index contributed by atoms with van der Waals surface area (Å²) in [6.07, 6.45) is 3.06. The Kier molecular flexibility index (Phi) is 8.69. The highest BCUT2D eigenvalue weighted by Crippen LogP contribution is 2.47. The minimum Gasteiger partial charge on any atom is -0.355 e. The number of carbonyl (C=O) groups is 3. The van der Waals surface area contributed by atoms with E-state index in [1.165, 1.54) is 4.68 Å². The number of likely N-dealkylation sites (tertiary alicyclic amines) is 1. The predicted octanol–water partition coefficient (Wildman–Crippen LogP) is 1.14. The van der Waals surface area contributed by atoms with Gasteiger partial charge in [-0.05, 0) is 85.5 Å². The van der Waals surface area contributed by atoms with Gasteiger partial charge in [0.2, 0.25) is 5.91 Å². The Hall–Kier alpha value is -4.76. The number of aromatic nitrogens is 3. The molecule has 230 valence electrons. The SMILES string of the molecule is CNC(=O)c1ccc2c(c1)CCc1cc(C(=O)NC)ccc1C2(C[C@@H](C)NCC(=O)N1CCCC1C#N)c1nn(C)c(=O)[nH]1. The van der Waals surface area contributed by atoms with E-state index in [9.17, 15) is 24.4 Å². The maximum absolute atomic E-state index is 13.1. The lowest BCUT2D eigenvalue weighted by Crippen LogP contribution is -2.45. The van der Waals surface area contributed by atoms with E-state index in [2.05, 4.69) is 32.1 Å². The molecule has 1 aliphatic carbocycles. The van der Waals surface area contributed by atoms with Gasteiger partial charge in [0.25, 0.3) is 11.8 Å².